The number of benzene rings is 2. The number of aromatic nitrogens is 2. The van der Waals surface area contributed by atoms with Crippen molar-refractivity contribution < 1.29 is 12.8 Å². The predicted molar refractivity (Wildman–Crippen MR) is 105 cm³/mol. The third kappa shape index (κ3) is 5.15. The predicted octanol–water partition coefficient (Wildman–Crippen LogP) is 3.53. The van der Waals surface area contributed by atoms with E-state index < -0.39 is 16.1 Å². The molecule has 1 unspecified atom stereocenters. The highest BCUT2D eigenvalue weighted by Gasteiger charge is 2.21. The van der Waals surface area contributed by atoms with Gasteiger partial charge < -0.3 is 4.57 Å². The number of para-hydroxylation sites is 2. The summed E-state index contributed by atoms with van der Waals surface area (Å²) >= 11 is 0. The van der Waals surface area contributed by atoms with Gasteiger partial charge in [-0.05, 0) is 42.7 Å². The van der Waals surface area contributed by atoms with Crippen LogP contribution in [0.3, 0.4) is 0 Å². The van der Waals surface area contributed by atoms with Gasteiger partial charge in [0.15, 0.2) is 0 Å². The normalized spacial score (nSPS) is 12.7. The van der Waals surface area contributed by atoms with Crippen molar-refractivity contribution in [2.24, 2.45) is 0 Å². The van der Waals surface area contributed by atoms with Crippen LogP contribution in [0.1, 0.15) is 30.9 Å². The number of fused-ring (bicyclic) bond motifs is 1. The van der Waals surface area contributed by atoms with Gasteiger partial charge in [0, 0.05) is 13.0 Å². The molecule has 0 aliphatic heterocycles. The first-order chi connectivity index (χ1) is 13.5. The van der Waals surface area contributed by atoms with E-state index in [0.717, 1.165) is 11.0 Å². The molecule has 2 aromatic carbocycles. The summed E-state index contributed by atoms with van der Waals surface area (Å²) in [5.41, 5.74) is 2.38. The minimum Gasteiger partial charge on any atom is -0.329 e. The smallest absolute Gasteiger partial charge is 0.212 e. The lowest BCUT2D eigenvalue weighted by atomic mass is 10.1. The van der Waals surface area contributed by atoms with Crippen LogP contribution in [0.2, 0.25) is 0 Å². The minimum atomic E-state index is -3.56. The van der Waals surface area contributed by atoms with Crippen molar-refractivity contribution in [3.05, 3.63) is 66.2 Å². The molecule has 3 aromatic rings. The molecule has 146 valence electrons. The van der Waals surface area contributed by atoms with Crippen LogP contribution >= 0.6 is 0 Å². The average Bonchev–Trinajstić information content (AvgIpc) is 3.08. The molecule has 0 amide bonds. The Morgan fingerprint density at radius 2 is 1.89 bits per heavy atom. The number of hydrogen-bond acceptors (Lipinski definition) is 4. The maximum absolute atomic E-state index is 13.3. The lowest BCUT2D eigenvalue weighted by Gasteiger charge is -2.20. The summed E-state index contributed by atoms with van der Waals surface area (Å²) in [7, 11) is -3.56. The van der Waals surface area contributed by atoms with Crippen molar-refractivity contribution >= 4 is 21.1 Å². The van der Waals surface area contributed by atoms with Gasteiger partial charge >= 0.3 is 0 Å². The Kier molecular flexibility index (Phi) is 6.39. The van der Waals surface area contributed by atoms with Crippen molar-refractivity contribution in [3.8, 4) is 6.07 Å². The number of nitrogens with zero attached hydrogens (tertiary/aromatic N) is 3. The molecule has 0 spiro atoms. The molecule has 0 saturated carbocycles. The van der Waals surface area contributed by atoms with Crippen LogP contribution in [0, 0.1) is 17.1 Å². The molecule has 1 aromatic heterocycles. The van der Waals surface area contributed by atoms with Gasteiger partial charge in [-0.1, -0.05) is 24.3 Å². The Labute approximate surface area is 163 Å². The molecule has 1 atom stereocenters. The van der Waals surface area contributed by atoms with E-state index in [2.05, 4.69) is 9.71 Å². The Morgan fingerprint density at radius 3 is 2.64 bits per heavy atom. The van der Waals surface area contributed by atoms with Crippen LogP contribution in [-0.2, 0) is 16.6 Å². The highest BCUT2D eigenvalue weighted by molar-refractivity contribution is 7.89. The van der Waals surface area contributed by atoms with Gasteiger partial charge in [0.1, 0.15) is 5.82 Å². The molecule has 1 heterocycles. The van der Waals surface area contributed by atoms with Gasteiger partial charge in [0.05, 0.1) is 35.2 Å². The summed E-state index contributed by atoms with van der Waals surface area (Å²) in [4.78, 5) is 4.34. The van der Waals surface area contributed by atoms with E-state index in [9.17, 15) is 12.8 Å². The third-order valence-electron chi connectivity index (χ3n) is 4.45. The molecule has 0 saturated heterocycles. The molecule has 0 bridgehead atoms. The third-order valence-corrected chi connectivity index (χ3v) is 5.92. The fourth-order valence-corrected chi connectivity index (χ4v) is 4.38. The van der Waals surface area contributed by atoms with Crippen LogP contribution in [0.15, 0.2) is 54.9 Å². The fraction of sp³-hybridized carbons (Fsp3) is 0.300. The molecule has 3 rings (SSSR count). The number of rotatable bonds is 9. The number of imidazole rings is 1. The molecule has 28 heavy (non-hydrogen) atoms. The summed E-state index contributed by atoms with van der Waals surface area (Å²) in [6, 6.07) is 14.8. The monoisotopic (exact) mass is 400 g/mol. The molecule has 0 radical (unpaired) electrons. The Hall–Kier alpha value is -2.76. The van der Waals surface area contributed by atoms with Gasteiger partial charge in [0.2, 0.25) is 10.0 Å². The first kappa shape index (κ1) is 20.0. The number of nitriles is 1. The first-order valence-electron chi connectivity index (χ1n) is 9.01. The second kappa shape index (κ2) is 8.95. The van der Waals surface area contributed by atoms with Crippen LogP contribution < -0.4 is 4.72 Å². The van der Waals surface area contributed by atoms with Crippen molar-refractivity contribution in [2.45, 2.75) is 31.8 Å². The first-order valence-corrected chi connectivity index (χ1v) is 10.7. The van der Waals surface area contributed by atoms with E-state index in [4.69, 9.17) is 5.26 Å². The quantitative estimate of drug-likeness (QED) is 0.557. The van der Waals surface area contributed by atoms with Gasteiger partial charge in [0.25, 0.3) is 0 Å². The zero-order valence-electron chi connectivity index (χ0n) is 15.3. The minimum absolute atomic E-state index is 0.0585. The summed E-state index contributed by atoms with van der Waals surface area (Å²) in [6.07, 6.45) is 2.94. The van der Waals surface area contributed by atoms with Crippen LogP contribution in [0.4, 0.5) is 4.39 Å². The number of nitrogens with one attached hydrogen (secondary N) is 1. The van der Waals surface area contributed by atoms with Crippen LogP contribution in [0.5, 0.6) is 0 Å². The standard InChI is InChI=1S/C20H21FN4O2S/c21-17-10-8-16(9-11-17)19(24-28(26,27)13-5-1-4-12-22)14-25-15-23-18-6-2-3-7-20(18)25/h2-3,6-11,15,19,24H,1,4-5,13-14H2. The molecule has 0 fully saturated rings. The second-order valence-electron chi connectivity index (χ2n) is 6.54. The Bertz CT molecular complexity index is 1070. The van der Waals surface area contributed by atoms with Crippen LogP contribution in [0.25, 0.3) is 11.0 Å². The van der Waals surface area contributed by atoms with E-state index in [-0.39, 0.29) is 11.6 Å². The summed E-state index contributed by atoms with van der Waals surface area (Å²) in [5.74, 6) is -0.438. The second-order valence-corrected chi connectivity index (χ2v) is 8.42. The van der Waals surface area contributed by atoms with Crippen molar-refractivity contribution in [1.82, 2.24) is 14.3 Å². The maximum atomic E-state index is 13.3. The van der Waals surface area contributed by atoms with E-state index >= 15 is 0 Å². The summed E-state index contributed by atoms with van der Waals surface area (Å²) in [6.45, 7) is 0.323. The zero-order valence-corrected chi connectivity index (χ0v) is 16.1. The largest absolute Gasteiger partial charge is 0.329 e. The maximum Gasteiger partial charge on any atom is 0.212 e. The van der Waals surface area contributed by atoms with Crippen molar-refractivity contribution in [1.29, 1.82) is 5.26 Å². The molecule has 0 aliphatic rings. The van der Waals surface area contributed by atoms with Crippen molar-refractivity contribution in [2.75, 3.05) is 5.75 Å². The molecular formula is C20H21FN4O2S. The SMILES string of the molecule is N#CCCCCS(=O)(=O)NC(Cn1cnc2ccccc21)c1ccc(F)cc1. The lowest BCUT2D eigenvalue weighted by molar-refractivity contribution is 0.513. The highest BCUT2D eigenvalue weighted by Crippen LogP contribution is 2.21. The number of hydrogen-bond donors (Lipinski definition) is 1. The topological polar surface area (TPSA) is 87.8 Å². The molecular weight excluding hydrogens is 379 g/mol. The number of halogens is 1. The Morgan fingerprint density at radius 1 is 1.14 bits per heavy atom. The van der Waals surface area contributed by atoms with E-state index in [0.29, 0.717) is 31.4 Å². The van der Waals surface area contributed by atoms with Gasteiger partial charge in [-0.3, -0.25) is 0 Å². The molecule has 8 heteroatoms. The fourth-order valence-electron chi connectivity index (χ4n) is 3.03. The molecule has 6 nitrogen and oxygen atoms in total. The summed E-state index contributed by atoms with van der Waals surface area (Å²) < 4.78 is 43.0. The van der Waals surface area contributed by atoms with Gasteiger partial charge in [-0.15, -0.1) is 0 Å². The number of unbranched alkanes of at least 4 members (excludes halogenated alkanes) is 2. The van der Waals surface area contributed by atoms with Crippen LogP contribution in [-0.4, -0.2) is 23.7 Å². The molecule has 1 N–H and O–H groups in total. The number of sulfonamides is 1. The van der Waals surface area contributed by atoms with Gasteiger partial charge in [-0.2, -0.15) is 5.26 Å². The van der Waals surface area contributed by atoms with E-state index in [1.165, 1.54) is 12.1 Å². The summed E-state index contributed by atoms with van der Waals surface area (Å²) in [5, 5.41) is 8.59. The zero-order chi connectivity index (χ0) is 20.0. The van der Waals surface area contributed by atoms with Gasteiger partial charge in [-0.25, -0.2) is 22.5 Å². The molecule has 0 aliphatic carbocycles. The van der Waals surface area contributed by atoms with E-state index in [1.807, 2.05) is 34.9 Å². The van der Waals surface area contributed by atoms with Crippen molar-refractivity contribution in [3.63, 3.8) is 0 Å². The van der Waals surface area contributed by atoms with E-state index in [1.54, 1.807) is 18.5 Å². The lowest BCUT2D eigenvalue weighted by Crippen LogP contribution is -2.33. The Balaban J connectivity index is 1.83. The average molecular weight is 400 g/mol. The highest BCUT2D eigenvalue weighted by atomic mass is 32.2.